The average molecular weight is 297 g/mol. The first-order valence-electron chi connectivity index (χ1n) is 7.54. The van der Waals surface area contributed by atoms with Gasteiger partial charge in [-0.3, -0.25) is 19.4 Å². The summed E-state index contributed by atoms with van der Waals surface area (Å²) in [6, 6.07) is -0.725. The first-order chi connectivity index (χ1) is 10.0. The fourth-order valence-corrected chi connectivity index (χ4v) is 2.87. The highest BCUT2D eigenvalue weighted by Gasteiger charge is 2.36. The minimum atomic E-state index is -0.397. The van der Waals surface area contributed by atoms with Crippen molar-refractivity contribution in [2.45, 2.75) is 32.7 Å². The van der Waals surface area contributed by atoms with Crippen LogP contribution < -0.4 is 5.32 Å². The summed E-state index contributed by atoms with van der Waals surface area (Å²) in [4.78, 5) is 39.0. The Morgan fingerprint density at radius 2 is 2.19 bits per heavy atom. The second-order valence-corrected chi connectivity index (χ2v) is 5.48. The fraction of sp³-hybridized carbons (Fsp3) is 0.786. The number of carbonyl (C=O) groups excluding carboxylic acids is 3. The number of hydrogen-bond acceptors (Lipinski definition) is 5. The van der Waals surface area contributed by atoms with E-state index in [-0.39, 0.29) is 23.8 Å². The molecule has 7 heteroatoms. The maximum atomic E-state index is 12.4. The van der Waals surface area contributed by atoms with Gasteiger partial charge in [-0.25, -0.2) is 4.79 Å². The minimum absolute atomic E-state index is 0.179. The van der Waals surface area contributed by atoms with Gasteiger partial charge in [0.05, 0.1) is 18.6 Å². The molecule has 0 aliphatic carbocycles. The first-order valence-corrected chi connectivity index (χ1v) is 7.54. The molecular weight excluding hydrogens is 274 g/mol. The molecule has 2 saturated heterocycles. The summed E-state index contributed by atoms with van der Waals surface area (Å²) in [5.41, 5.74) is 0. The molecular formula is C14H23N3O4. The fourth-order valence-electron chi connectivity index (χ4n) is 2.87. The zero-order chi connectivity index (χ0) is 15.4. The molecule has 118 valence electrons. The Hall–Kier alpha value is -1.63. The molecule has 0 aromatic carbocycles. The lowest BCUT2D eigenvalue weighted by atomic mass is 9.97. The van der Waals surface area contributed by atoms with E-state index in [9.17, 15) is 14.4 Å². The average Bonchev–Trinajstić information content (AvgIpc) is 2.92. The molecule has 21 heavy (non-hydrogen) atoms. The maximum absolute atomic E-state index is 12.4. The van der Waals surface area contributed by atoms with Gasteiger partial charge in [0.2, 0.25) is 5.91 Å². The Labute approximate surface area is 124 Å². The Morgan fingerprint density at radius 1 is 1.43 bits per heavy atom. The van der Waals surface area contributed by atoms with E-state index in [1.807, 2.05) is 4.90 Å². The minimum Gasteiger partial charge on any atom is -0.466 e. The van der Waals surface area contributed by atoms with E-state index in [2.05, 4.69) is 5.32 Å². The number of imide groups is 1. The Kier molecular flexibility index (Phi) is 5.17. The lowest BCUT2D eigenvalue weighted by Crippen LogP contribution is -2.52. The molecule has 3 amide bonds. The van der Waals surface area contributed by atoms with Crippen molar-refractivity contribution < 1.29 is 19.1 Å². The van der Waals surface area contributed by atoms with Crippen LogP contribution in [0.2, 0.25) is 0 Å². The van der Waals surface area contributed by atoms with Crippen LogP contribution in [0.25, 0.3) is 0 Å². The van der Waals surface area contributed by atoms with Gasteiger partial charge in [-0.2, -0.15) is 0 Å². The van der Waals surface area contributed by atoms with E-state index in [4.69, 9.17) is 4.74 Å². The van der Waals surface area contributed by atoms with Gasteiger partial charge in [0, 0.05) is 19.6 Å². The number of rotatable bonds is 4. The highest BCUT2D eigenvalue weighted by Crippen LogP contribution is 2.21. The number of urea groups is 1. The Morgan fingerprint density at radius 3 is 2.81 bits per heavy atom. The van der Waals surface area contributed by atoms with Gasteiger partial charge >= 0.3 is 12.0 Å². The number of carbonyl (C=O) groups is 3. The predicted molar refractivity (Wildman–Crippen MR) is 75.5 cm³/mol. The quantitative estimate of drug-likeness (QED) is 0.750. The van der Waals surface area contributed by atoms with Crippen LogP contribution in [0.15, 0.2) is 0 Å². The number of piperidine rings is 1. The second-order valence-electron chi connectivity index (χ2n) is 5.48. The van der Waals surface area contributed by atoms with E-state index in [0.717, 1.165) is 19.4 Å². The number of nitrogens with one attached hydrogen (secondary N) is 1. The van der Waals surface area contributed by atoms with Crippen molar-refractivity contribution in [3.8, 4) is 0 Å². The van der Waals surface area contributed by atoms with Crippen molar-refractivity contribution in [2.24, 2.45) is 5.92 Å². The third-order valence-corrected chi connectivity index (χ3v) is 4.10. The molecule has 0 saturated carbocycles. The summed E-state index contributed by atoms with van der Waals surface area (Å²) < 4.78 is 5.06. The highest BCUT2D eigenvalue weighted by atomic mass is 16.5. The van der Waals surface area contributed by atoms with Crippen molar-refractivity contribution in [1.29, 1.82) is 0 Å². The number of amides is 3. The van der Waals surface area contributed by atoms with Gasteiger partial charge in [-0.05, 0) is 33.2 Å². The van der Waals surface area contributed by atoms with E-state index in [0.29, 0.717) is 26.2 Å². The molecule has 2 rings (SSSR count). The maximum Gasteiger partial charge on any atom is 0.324 e. The van der Waals surface area contributed by atoms with Gasteiger partial charge in [0.1, 0.15) is 0 Å². The largest absolute Gasteiger partial charge is 0.466 e. The van der Waals surface area contributed by atoms with Crippen molar-refractivity contribution in [3.05, 3.63) is 0 Å². The summed E-state index contributed by atoms with van der Waals surface area (Å²) in [7, 11) is 0. The molecule has 2 heterocycles. The number of esters is 1. The lowest BCUT2D eigenvalue weighted by Gasteiger charge is -2.35. The third-order valence-electron chi connectivity index (χ3n) is 4.10. The van der Waals surface area contributed by atoms with Crippen LogP contribution in [0.1, 0.15) is 26.7 Å². The molecule has 0 aromatic heterocycles. The third kappa shape index (κ3) is 3.53. The van der Waals surface area contributed by atoms with Crippen LogP contribution in [-0.4, -0.2) is 66.5 Å². The van der Waals surface area contributed by atoms with Crippen molar-refractivity contribution >= 4 is 17.9 Å². The molecule has 2 atom stereocenters. The molecule has 7 nitrogen and oxygen atoms in total. The lowest BCUT2D eigenvalue weighted by molar-refractivity contribution is -0.151. The number of hydrogen-bond donors (Lipinski definition) is 1. The highest BCUT2D eigenvalue weighted by molar-refractivity contribution is 5.98. The second kappa shape index (κ2) is 6.89. The molecule has 0 spiro atoms. The normalized spacial score (nSPS) is 24.6. The van der Waals surface area contributed by atoms with Crippen LogP contribution in [0.5, 0.6) is 0 Å². The standard InChI is InChI=1S/C14H23N3O4/c1-3-21-13(19)11-5-4-7-16(9-11)10(2)12(18)17-8-6-15-14(17)20/h10-11H,3-9H2,1-2H3,(H,15,20)/t10-,11+/m0/s1. The zero-order valence-corrected chi connectivity index (χ0v) is 12.6. The SMILES string of the molecule is CCOC(=O)[C@@H]1CCCN([C@@H](C)C(=O)N2CCNC2=O)C1. The van der Waals surface area contributed by atoms with Crippen LogP contribution in [0.3, 0.4) is 0 Å². The summed E-state index contributed by atoms with van der Waals surface area (Å²) in [5.74, 6) is -0.573. The first kappa shape index (κ1) is 15.8. The zero-order valence-electron chi connectivity index (χ0n) is 12.6. The Bertz CT molecular complexity index is 426. The van der Waals surface area contributed by atoms with Gasteiger partial charge in [-0.15, -0.1) is 0 Å². The van der Waals surface area contributed by atoms with E-state index < -0.39 is 6.04 Å². The van der Waals surface area contributed by atoms with Crippen molar-refractivity contribution in [2.75, 3.05) is 32.8 Å². The van der Waals surface area contributed by atoms with E-state index in [1.165, 1.54) is 4.90 Å². The number of ether oxygens (including phenoxy) is 1. The van der Waals surface area contributed by atoms with Gasteiger partial charge < -0.3 is 10.1 Å². The molecule has 0 radical (unpaired) electrons. The summed E-state index contributed by atoms with van der Waals surface area (Å²) in [6.07, 6.45) is 1.65. The summed E-state index contributed by atoms with van der Waals surface area (Å²) >= 11 is 0. The molecule has 0 aromatic rings. The van der Waals surface area contributed by atoms with Crippen LogP contribution in [0.4, 0.5) is 4.79 Å². The summed E-state index contributed by atoms with van der Waals surface area (Å²) in [6.45, 7) is 6.15. The monoisotopic (exact) mass is 297 g/mol. The van der Waals surface area contributed by atoms with Crippen molar-refractivity contribution in [3.63, 3.8) is 0 Å². The summed E-state index contributed by atoms with van der Waals surface area (Å²) in [5, 5.41) is 2.63. The van der Waals surface area contributed by atoms with Crippen molar-refractivity contribution in [1.82, 2.24) is 15.1 Å². The number of likely N-dealkylation sites (tertiary alicyclic amines) is 1. The van der Waals surface area contributed by atoms with Crippen LogP contribution in [-0.2, 0) is 14.3 Å². The predicted octanol–water partition coefficient (Wildman–Crippen LogP) is 0.202. The van der Waals surface area contributed by atoms with Crippen LogP contribution >= 0.6 is 0 Å². The van der Waals surface area contributed by atoms with Crippen LogP contribution in [0, 0.1) is 5.92 Å². The van der Waals surface area contributed by atoms with E-state index in [1.54, 1.807) is 13.8 Å². The van der Waals surface area contributed by atoms with E-state index >= 15 is 0 Å². The van der Waals surface area contributed by atoms with Gasteiger partial charge in [0.15, 0.2) is 0 Å². The molecule has 1 N–H and O–H groups in total. The van der Waals surface area contributed by atoms with Gasteiger partial charge in [-0.1, -0.05) is 0 Å². The Balaban J connectivity index is 1.95. The smallest absolute Gasteiger partial charge is 0.324 e. The molecule has 0 unspecified atom stereocenters. The molecule has 2 aliphatic heterocycles. The van der Waals surface area contributed by atoms with Gasteiger partial charge in [0.25, 0.3) is 0 Å². The molecule has 2 aliphatic rings. The molecule has 0 bridgehead atoms. The molecule has 2 fully saturated rings. The topological polar surface area (TPSA) is 79.0 Å². The number of nitrogens with zero attached hydrogens (tertiary/aromatic N) is 2.